The number of aryl methyl sites for hydroxylation is 1. The SMILES string of the molecule is Cc1ccc(S(=O)(=O)N2Cc3cc4c(c5cccc2c35)OCCOC(C)(O)CN4C)cc1. The van der Waals surface area contributed by atoms with E-state index in [1.807, 2.05) is 55.3 Å². The van der Waals surface area contributed by atoms with Crippen molar-refractivity contribution >= 4 is 32.2 Å². The van der Waals surface area contributed by atoms with Gasteiger partial charge in [-0.2, -0.15) is 0 Å². The molecule has 1 unspecified atom stereocenters. The summed E-state index contributed by atoms with van der Waals surface area (Å²) < 4.78 is 40.1. The Morgan fingerprint density at radius 1 is 1.06 bits per heavy atom. The van der Waals surface area contributed by atoms with Crippen LogP contribution in [0.15, 0.2) is 53.4 Å². The normalized spacial score (nSPS) is 21.0. The van der Waals surface area contributed by atoms with E-state index in [2.05, 4.69) is 0 Å². The van der Waals surface area contributed by atoms with Crippen molar-refractivity contribution in [2.75, 3.05) is 36.0 Å². The smallest absolute Gasteiger partial charge is 0.264 e. The molecular formula is C24H26N2O5S. The zero-order valence-electron chi connectivity index (χ0n) is 18.3. The van der Waals surface area contributed by atoms with Gasteiger partial charge in [0.05, 0.1) is 36.0 Å². The van der Waals surface area contributed by atoms with Crippen LogP contribution in [-0.2, 0) is 21.3 Å². The van der Waals surface area contributed by atoms with Crippen molar-refractivity contribution in [1.29, 1.82) is 0 Å². The molecule has 32 heavy (non-hydrogen) atoms. The summed E-state index contributed by atoms with van der Waals surface area (Å²) in [6, 6.07) is 14.5. The number of sulfonamides is 1. The van der Waals surface area contributed by atoms with Gasteiger partial charge in [0, 0.05) is 17.8 Å². The van der Waals surface area contributed by atoms with Crippen molar-refractivity contribution < 1.29 is 23.0 Å². The molecule has 3 aromatic rings. The van der Waals surface area contributed by atoms with Gasteiger partial charge < -0.3 is 19.5 Å². The lowest BCUT2D eigenvalue weighted by Gasteiger charge is -2.29. The molecule has 0 bridgehead atoms. The fourth-order valence-electron chi connectivity index (χ4n) is 4.54. The van der Waals surface area contributed by atoms with Crippen LogP contribution in [-0.4, -0.2) is 46.1 Å². The second kappa shape index (κ2) is 7.37. The number of hydrogen-bond donors (Lipinski definition) is 1. The van der Waals surface area contributed by atoms with Crippen LogP contribution in [0.25, 0.3) is 10.8 Å². The minimum absolute atomic E-state index is 0.236. The quantitative estimate of drug-likeness (QED) is 0.639. The lowest BCUT2D eigenvalue weighted by atomic mass is 10.0. The zero-order chi connectivity index (χ0) is 22.7. The highest BCUT2D eigenvalue weighted by molar-refractivity contribution is 7.92. The molecule has 2 aliphatic heterocycles. The summed E-state index contributed by atoms with van der Waals surface area (Å²) in [6.07, 6.45) is 0. The number of anilines is 2. The van der Waals surface area contributed by atoms with Crippen LogP contribution < -0.4 is 13.9 Å². The van der Waals surface area contributed by atoms with Crippen LogP contribution in [0.2, 0.25) is 0 Å². The monoisotopic (exact) mass is 454 g/mol. The maximum atomic E-state index is 13.5. The van der Waals surface area contributed by atoms with E-state index in [9.17, 15) is 13.5 Å². The van der Waals surface area contributed by atoms with E-state index in [1.165, 1.54) is 4.31 Å². The molecule has 0 saturated carbocycles. The van der Waals surface area contributed by atoms with Crippen molar-refractivity contribution in [2.45, 2.75) is 31.1 Å². The molecule has 0 radical (unpaired) electrons. The molecular weight excluding hydrogens is 428 g/mol. The number of hydrogen-bond acceptors (Lipinski definition) is 6. The van der Waals surface area contributed by atoms with Crippen molar-refractivity contribution in [1.82, 2.24) is 0 Å². The number of benzene rings is 3. The topological polar surface area (TPSA) is 79.3 Å². The van der Waals surface area contributed by atoms with Crippen molar-refractivity contribution in [2.24, 2.45) is 0 Å². The Kier molecular flexibility index (Phi) is 4.85. The molecule has 0 spiro atoms. The summed E-state index contributed by atoms with van der Waals surface area (Å²) in [4.78, 5) is 2.16. The molecule has 0 amide bonds. The number of nitrogens with zero attached hydrogens (tertiary/aromatic N) is 2. The first-order chi connectivity index (χ1) is 15.2. The van der Waals surface area contributed by atoms with Gasteiger partial charge in [0.2, 0.25) is 0 Å². The molecule has 5 rings (SSSR count). The lowest BCUT2D eigenvalue weighted by Crippen LogP contribution is -2.41. The number of β-amino-alcohol motifs (C(OH)–C–C–N with tert-alkyl or cyclic N) is 1. The average Bonchev–Trinajstić information content (AvgIpc) is 3.14. The first kappa shape index (κ1) is 21.1. The summed E-state index contributed by atoms with van der Waals surface area (Å²) >= 11 is 0. The van der Waals surface area contributed by atoms with E-state index < -0.39 is 15.8 Å². The van der Waals surface area contributed by atoms with E-state index in [0.717, 1.165) is 27.6 Å². The average molecular weight is 455 g/mol. The van der Waals surface area contributed by atoms with Crippen LogP contribution >= 0.6 is 0 Å². The number of ether oxygens (including phenoxy) is 2. The summed E-state index contributed by atoms with van der Waals surface area (Å²) in [5.41, 5.74) is 3.35. The van der Waals surface area contributed by atoms with Gasteiger partial charge in [0.15, 0.2) is 11.5 Å². The van der Waals surface area contributed by atoms with Gasteiger partial charge in [-0.25, -0.2) is 8.42 Å². The largest absolute Gasteiger partial charge is 0.488 e. The van der Waals surface area contributed by atoms with Gasteiger partial charge in [0.1, 0.15) is 6.61 Å². The Morgan fingerprint density at radius 2 is 1.81 bits per heavy atom. The first-order valence-electron chi connectivity index (χ1n) is 10.6. The molecule has 7 nitrogen and oxygen atoms in total. The summed E-state index contributed by atoms with van der Waals surface area (Å²) in [5.74, 6) is -0.651. The molecule has 1 atom stereocenters. The van der Waals surface area contributed by atoms with Crippen LogP contribution in [0.1, 0.15) is 18.1 Å². The Morgan fingerprint density at radius 3 is 2.56 bits per heavy atom. The standard InChI is InChI=1S/C24H26N2O5S/c1-16-7-9-18(10-8-16)32(28,29)26-14-17-13-21-23(19-5-4-6-20(26)22(17)19)30-11-12-31-24(2,27)15-25(21)3/h4-10,13,27H,11-12,14-15H2,1-3H3. The molecule has 3 aromatic carbocycles. The second-order valence-corrected chi connectivity index (χ2v) is 10.5. The summed E-state index contributed by atoms with van der Waals surface area (Å²) in [6.45, 7) is 4.57. The predicted molar refractivity (Wildman–Crippen MR) is 124 cm³/mol. The van der Waals surface area contributed by atoms with Gasteiger partial charge >= 0.3 is 0 Å². The molecule has 0 fully saturated rings. The van der Waals surface area contributed by atoms with Gasteiger partial charge in [0.25, 0.3) is 10.0 Å². The van der Waals surface area contributed by atoms with Crippen LogP contribution in [0.4, 0.5) is 11.4 Å². The highest BCUT2D eigenvalue weighted by atomic mass is 32.2. The van der Waals surface area contributed by atoms with Gasteiger partial charge in [-0.3, -0.25) is 4.31 Å². The van der Waals surface area contributed by atoms with Gasteiger partial charge in [-0.05, 0) is 43.7 Å². The van der Waals surface area contributed by atoms with E-state index in [4.69, 9.17) is 9.47 Å². The fraction of sp³-hybridized carbons (Fsp3) is 0.333. The van der Waals surface area contributed by atoms with Crippen LogP contribution in [0.5, 0.6) is 5.75 Å². The summed E-state index contributed by atoms with van der Waals surface area (Å²) in [7, 11) is -1.86. The molecule has 168 valence electrons. The third-order valence-corrected chi connectivity index (χ3v) is 7.80. The summed E-state index contributed by atoms with van der Waals surface area (Å²) in [5, 5.41) is 12.3. The minimum Gasteiger partial charge on any atom is -0.488 e. The van der Waals surface area contributed by atoms with E-state index in [-0.39, 0.29) is 31.2 Å². The maximum absolute atomic E-state index is 13.5. The Labute approximate surface area is 187 Å². The zero-order valence-corrected chi connectivity index (χ0v) is 19.1. The number of aliphatic hydroxyl groups is 1. The molecule has 8 heteroatoms. The van der Waals surface area contributed by atoms with Gasteiger partial charge in [-0.1, -0.05) is 29.8 Å². The number of likely N-dealkylation sites (N-methyl/N-ethyl adjacent to an activating group) is 1. The fourth-order valence-corrected chi connectivity index (χ4v) is 6.00. The third-order valence-electron chi connectivity index (χ3n) is 6.03. The van der Waals surface area contributed by atoms with Crippen LogP contribution in [0, 0.1) is 6.92 Å². The Hall–Kier alpha value is -2.81. The number of fused-ring (bicyclic) bond motifs is 2. The van der Waals surface area contributed by atoms with Crippen molar-refractivity contribution in [3.05, 3.63) is 59.7 Å². The minimum atomic E-state index is -3.73. The van der Waals surface area contributed by atoms with Crippen molar-refractivity contribution in [3.8, 4) is 5.75 Å². The van der Waals surface area contributed by atoms with Gasteiger partial charge in [-0.15, -0.1) is 0 Å². The lowest BCUT2D eigenvalue weighted by molar-refractivity contribution is -0.184. The van der Waals surface area contributed by atoms with Crippen molar-refractivity contribution in [3.63, 3.8) is 0 Å². The Balaban J connectivity index is 1.66. The Bertz CT molecular complexity index is 1300. The molecule has 2 aliphatic rings. The maximum Gasteiger partial charge on any atom is 0.264 e. The number of rotatable bonds is 2. The van der Waals surface area contributed by atoms with E-state index in [1.54, 1.807) is 19.1 Å². The molecule has 2 heterocycles. The highest BCUT2D eigenvalue weighted by Gasteiger charge is 2.35. The van der Waals surface area contributed by atoms with E-state index in [0.29, 0.717) is 11.4 Å². The highest BCUT2D eigenvalue weighted by Crippen LogP contribution is 2.47. The second-order valence-electron chi connectivity index (χ2n) is 8.64. The van der Waals surface area contributed by atoms with E-state index >= 15 is 0 Å². The first-order valence-corrected chi connectivity index (χ1v) is 12.0. The molecule has 0 aromatic heterocycles. The molecule has 0 saturated heterocycles. The third kappa shape index (κ3) is 3.39. The van der Waals surface area contributed by atoms with Crippen LogP contribution in [0.3, 0.4) is 0 Å². The molecule has 1 N–H and O–H groups in total. The predicted octanol–water partition coefficient (Wildman–Crippen LogP) is 3.41. The molecule has 0 aliphatic carbocycles.